The molecule has 1 aromatic heterocycles. The third-order valence-electron chi connectivity index (χ3n) is 2.91. The first-order valence-electron chi connectivity index (χ1n) is 5.77. The predicted octanol–water partition coefficient (Wildman–Crippen LogP) is 0.352. The van der Waals surface area contributed by atoms with Gasteiger partial charge in [-0.05, 0) is 25.1 Å². The second-order valence-electron chi connectivity index (χ2n) is 4.45. The van der Waals surface area contributed by atoms with E-state index in [0.29, 0.717) is 16.1 Å². The monoisotopic (exact) mass is 286 g/mol. The maximum absolute atomic E-state index is 9.93. The van der Waals surface area contributed by atoms with Crippen LogP contribution in [0.4, 0.5) is 0 Å². The van der Waals surface area contributed by atoms with E-state index in [4.69, 9.17) is 11.6 Å². The third-order valence-corrected chi connectivity index (χ3v) is 3.15. The summed E-state index contributed by atoms with van der Waals surface area (Å²) in [6.45, 7) is 1.32. The Kier molecular flexibility index (Phi) is 4.07. The van der Waals surface area contributed by atoms with Gasteiger partial charge in [-0.3, -0.25) is 0 Å². The molecule has 2 rings (SSSR count). The number of imidazole rings is 1. The molecule has 6 nitrogen and oxygen atoms in total. The van der Waals surface area contributed by atoms with E-state index < -0.39 is 24.4 Å². The molecule has 0 amide bonds. The minimum Gasteiger partial charge on any atom is -0.391 e. The summed E-state index contributed by atoms with van der Waals surface area (Å²) in [5.74, 6) is 0.101. The second-order valence-corrected chi connectivity index (χ2v) is 4.89. The zero-order chi connectivity index (χ0) is 14.2. The van der Waals surface area contributed by atoms with Gasteiger partial charge in [-0.25, -0.2) is 4.98 Å². The van der Waals surface area contributed by atoms with Gasteiger partial charge in [0, 0.05) is 5.02 Å². The van der Waals surface area contributed by atoms with Crippen molar-refractivity contribution in [3.05, 3.63) is 29.0 Å². The van der Waals surface area contributed by atoms with Crippen molar-refractivity contribution >= 4 is 22.6 Å². The Labute approximate surface area is 114 Å². The lowest BCUT2D eigenvalue weighted by Gasteiger charge is -2.23. The molecule has 0 fully saturated rings. The highest BCUT2D eigenvalue weighted by Crippen LogP contribution is 2.23. The van der Waals surface area contributed by atoms with Gasteiger partial charge < -0.3 is 25.4 Å². The fourth-order valence-corrected chi connectivity index (χ4v) is 1.94. The molecule has 4 atom stereocenters. The van der Waals surface area contributed by atoms with Crippen LogP contribution in [0.25, 0.3) is 11.0 Å². The molecule has 5 N–H and O–H groups in total. The molecule has 2 unspecified atom stereocenters. The number of halogens is 1. The lowest BCUT2D eigenvalue weighted by atomic mass is 10.0. The highest BCUT2D eigenvalue weighted by molar-refractivity contribution is 6.31. The minimum absolute atomic E-state index is 0.101. The number of fused-ring (bicyclic) bond motifs is 1. The summed E-state index contributed by atoms with van der Waals surface area (Å²) >= 11 is 5.82. The molecular weight excluding hydrogens is 272 g/mol. The van der Waals surface area contributed by atoms with Gasteiger partial charge >= 0.3 is 0 Å². The molecule has 0 spiro atoms. The molecular formula is C12H15ClN2O4. The van der Waals surface area contributed by atoms with Crippen LogP contribution in [0.15, 0.2) is 18.2 Å². The number of rotatable bonds is 4. The Bertz CT molecular complexity index is 572. The largest absolute Gasteiger partial charge is 0.391 e. The number of H-pyrrole nitrogens is 1. The quantitative estimate of drug-likeness (QED) is 0.557. The molecule has 0 radical (unpaired) electrons. The molecule has 104 valence electrons. The number of hydrogen-bond donors (Lipinski definition) is 5. The summed E-state index contributed by atoms with van der Waals surface area (Å²) in [4.78, 5) is 6.92. The first kappa shape index (κ1) is 14.2. The topological polar surface area (TPSA) is 110 Å². The summed E-state index contributed by atoms with van der Waals surface area (Å²) in [6.07, 6.45) is -5.61. The van der Waals surface area contributed by atoms with Gasteiger partial charge in [0.05, 0.1) is 17.1 Å². The summed E-state index contributed by atoms with van der Waals surface area (Å²) in [5, 5.41) is 38.9. The van der Waals surface area contributed by atoms with Gasteiger partial charge in [0.15, 0.2) is 0 Å². The Morgan fingerprint density at radius 2 is 1.84 bits per heavy atom. The summed E-state index contributed by atoms with van der Waals surface area (Å²) in [7, 11) is 0. The number of benzene rings is 1. The standard InChI is InChI=1S/C12H15ClN2O4/c1-5(16)9(17)10(18)11(19)12-14-7-3-2-6(13)4-8(7)15-12/h2-5,9-11,16-19H,1H3,(H,14,15)/t5?,9-,10?,11+/m0/s1. The van der Waals surface area contributed by atoms with Crippen LogP contribution >= 0.6 is 11.6 Å². The van der Waals surface area contributed by atoms with Crippen molar-refractivity contribution in [3.63, 3.8) is 0 Å². The molecule has 1 heterocycles. The van der Waals surface area contributed by atoms with Crippen LogP contribution < -0.4 is 0 Å². The number of hydrogen-bond acceptors (Lipinski definition) is 5. The van der Waals surface area contributed by atoms with Gasteiger partial charge in [0.2, 0.25) is 0 Å². The van der Waals surface area contributed by atoms with Crippen LogP contribution in [-0.2, 0) is 0 Å². The maximum atomic E-state index is 9.93. The van der Waals surface area contributed by atoms with Gasteiger partial charge in [-0.1, -0.05) is 11.6 Å². The maximum Gasteiger partial charge on any atom is 0.140 e. The fourth-order valence-electron chi connectivity index (χ4n) is 1.77. The Hall–Kier alpha value is -1.18. The molecule has 2 aromatic rings. The van der Waals surface area contributed by atoms with Crippen molar-refractivity contribution in [3.8, 4) is 0 Å². The molecule has 19 heavy (non-hydrogen) atoms. The highest BCUT2D eigenvalue weighted by Gasteiger charge is 2.30. The molecule has 1 aromatic carbocycles. The average Bonchev–Trinajstić information content (AvgIpc) is 2.78. The summed E-state index contributed by atoms with van der Waals surface area (Å²) < 4.78 is 0. The van der Waals surface area contributed by atoms with Crippen molar-refractivity contribution in [2.45, 2.75) is 31.3 Å². The van der Waals surface area contributed by atoms with Gasteiger partial charge in [0.1, 0.15) is 24.1 Å². The number of nitrogens with one attached hydrogen (secondary N) is 1. The number of aromatic nitrogens is 2. The Morgan fingerprint density at radius 1 is 1.16 bits per heavy atom. The number of nitrogens with zero attached hydrogens (tertiary/aromatic N) is 1. The molecule has 0 saturated heterocycles. The van der Waals surface area contributed by atoms with Crippen LogP contribution in [0.5, 0.6) is 0 Å². The van der Waals surface area contributed by atoms with E-state index >= 15 is 0 Å². The second kappa shape index (κ2) is 5.44. The van der Waals surface area contributed by atoms with Crippen LogP contribution in [0.2, 0.25) is 5.02 Å². The first-order valence-corrected chi connectivity index (χ1v) is 6.15. The van der Waals surface area contributed by atoms with Crippen molar-refractivity contribution in [2.24, 2.45) is 0 Å². The lowest BCUT2D eigenvalue weighted by molar-refractivity contribution is -0.103. The van der Waals surface area contributed by atoms with Gasteiger partial charge in [0.25, 0.3) is 0 Å². The average molecular weight is 287 g/mol. The number of aliphatic hydroxyl groups excluding tert-OH is 4. The summed E-state index contributed by atoms with van der Waals surface area (Å²) in [6, 6.07) is 4.97. The molecule has 0 aliphatic rings. The molecule has 0 aliphatic heterocycles. The summed E-state index contributed by atoms with van der Waals surface area (Å²) in [5.41, 5.74) is 1.19. The van der Waals surface area contributed by atoms with Crippen LogP contribution in [0, 0.1) is 0 Å². The Morgan fingerprint density at radius 3 is 2.47 bits per heavy atom. The van der Waals surface area contributed by atoms with Crippen LogP contribution in [0.3, 0.4) is 0 Å². The predicted molar refractivity (Wildman–Crippen MR) is 69.8 cm³/mol. The van der Waals surface area contributed by atoms with E-state index in [9.17, 15) is 20.4 Å². The van der Waals surface area contributed by atoms with E-state index in [1.54, 1.807) is 18.2 Å². The number of aliphatic hydroxyl groups is 4. The van der Waals surface area contributed by atoms with Crippen molar-refractivity contribution in [1.82, 2.24) is 9.97 Å². The van der Waals surface area contributed by atoms with Crippen molar-refractivity contribution in [2.75, 3.05) is 0 Å². The first-order chi connectivity index (χ1) is 8.90. The molecule has 0 bridgehead atoms. The highest BCUT2D eigenvalue weighted by atomic mass is 35.5. The zero-order valence-corrected chi connectivity index (χ0v) is 10.9. The number of aromatic amines is 1. The molecule has 0 saturated carbocycles. The van der Waals surface area contributed by atoms with Crippen molar-refractivity contribution < 1.29 is 20.4 Å². The van der Waals surface area contributed by atoms with E-state index in [-0.39, 0.29) is 5.82 Å². The van der Waals surface area contributed by atoms with E-state index in [1.165, 1.54) is 6.92 Å². The smallest absolute Gasteiger partial charge is 0.140 e. The van der Waals surface area contributed by atoms with E-state index in [2.05, 4.69) is 9.97 Å². The van der Waals surface area contributed by atoms with Gasteiger partial charge in [-0.15, -0.1) is 0 Å². The zero-order valence-electron chi connectivity index (χ0n) is 10.2. The van der Waals surface area contributed by atoms with E-state index in [0.717, 1.165) is 0 Å². The van der Waals surface area contributed by atoms with E-state index in [1.807, 2.05) is 0 Å². The fraction of sp³-hybridized carbons (Fsp3) is 0.417. The SMILES string of the molecule is CC(O)[C@H](O)C(O)[C@@H](O)c1nc2cc(Cl)ccc2[nH]1. The molecule has 7 heteroatoms. The normalized spacial score (nSPS) is 18.2. The molecule has 0 aliphatic carbocycles. The van der Waals surface area contributed by atoms with Gasteiger partial charge in [-0.2, -0.15) is 0 Å². The Balaban J connectivity index is 2.28. The van der Waals surface area contributed by atoms with Crippen LogP contribution in [0.1, 0.15) is 18.9 Å². The lowest BCUT2D eigenvalue weighted by Crippen LogP contribution is -2.39. The van der Waals surface area contributed by atoms with Crippen LogP contribution in [-0.4, -0.2) is 48.7 Å². The third kappa shape index (κ3) is 2.88. The minimum atomic E-state index is -1.55. The van der Waals surface area contributed by atoms with Crippen molar-refractivity contribution in [1.29, 1.82) is 0 Å².